The Kier molecular flexibility index (Phi) is 3.70. The van der Waals surface area contributed by atoms with Gasteiger partial charge in [0.15, 0.2) is 0 Å². The third kappa shape index (κ3) is 2.68. The van der Waals surface area contributed by atoms with Crippen LogP contribution in [0.3, 0.4) is 0 Å². The van der Waals surface area contributed by atoms with Gasteiger partial charge in [-0.15, -0.1) is 0 Å². The minimum absolute atomic E-state index is 0.275. The summed E-state index contributed by atoms with van der Waals surface area (Å²) in [5.74, 6) is 0.379. The van der Waals surface area contributed by atoms with Crippen molar-refractivity contribution in [2.75, 3.05) is 0 Å². The van der Waals surface area contributed by atoms with E-state index in [-0.39, 0.29) is 12.4 Å². The summed E-state index contributed by atoms with van der Waals surface area (Å²) in [6.07, 6.45) is 3.59. The lowest BCUT2D eigenvalue weighted by atomic mass is 10.1. The van der Waals surface area contributed by atoms with Crippen LogP contribution >= 0.6 is 0 Å². The third-order valence-corrected chi connectivity index (χ3v) is 3.80. The molecule has 0 unspecified atom stereocenters. The molecule has 104 valence electrons. The van der Waals surface area contributed by atoms with Crippen LogP contribution in [0.5, 0.6) is 5.75 Å². The molecule has 0 radical (unpaired) electrons. The molecule has 3 rings (SSSR count). The van der Waals surface area contributed by atoms with Crippen LogP contribution in [-0.2, 0) is 26.0 Å². The molecule has 2 nitrogen and oxygen atoms in total. The number of aryl methyl sites for hydroxylation is 2. The molecule has 2 aromatic carbocycles. The molecule has 0 heterocycles. The summed E-state index contributed by atoms with van der Waals surface area (Å²) >= 11 is 0. The lowest BCUT2D eigenvalue weighted by molar-refractivity contribution is 0.302. The largest absolute Gasteiger partial charge is 0.489 e. The average Bonchev–Trinajstić information content (AvgIpc) is 2.93. The standard InChI is InChI=1S/C17H18FNO/c18-16-6-7-17(15(9-16)10-19)20-11-12-4-5-13-2-1-3-14(13)8-12/h4-9H,1-3,10-11,19H2. The summed E-state index contributed by atoms with van der Waals surface area (Å²) in [6.45, 7) is 0.767. The number of ether oxygens (including phenoxy) is 1. The van der Waals surface area contributed by atoms with E-state index in [0.717, 1.165) is 12.0 Å². The lowest BCUT2D eigenvalue weighted by Gasteiger charge is -2.11. The summed E-state index contributed by atoms with van der Waals surface area (Å²) < 4.78 is 18.9. The molecule has 0 bridgehead atoms. The number of fused-ring (bicyclic) bond motifs is 1. The van der Waals surface area contributed by atoms with Gasteiger partial charge in [-0.1, -0.05) is 18.2 Å². The zero-order chi connectivity index (χ0) is 13.9. The van der Waals surface area contributed by atoms with Crippen molar-refractivity contribution in [1.82, 2.24) is 0 Å². The highest BCUT2D eigenvalue weighted by atomic mass is 19.1. The van der Waals surface area contributed by atoms with Gasteiger partial charge in [0, 0.05) is 12.1 Å². The Morgan fingerprint density at radius 1 is 1.05 bits per heavy atom. The summed E-state index contributed by atoms with van der Waals surface area (Å²) in [6, 6.07) is 11.0. The predicted molar refractivity (Wildman–Crippen MR) is 77.1 cm³/mol. The van der Waals surface area contributed by atoms with E-state index in [9.17, 15) is 4.39 Å². The Morgan fingerprint density at radius 3 is 2.75 bits per heavy atom. The molecule has 1 aliphatic rings. The highest BCUT2D eigenvalue weighted by Crippen LogP contribution is 2.24. The van der Waals surface area contributed by atoms with Crippen LogP contribution in [0, 0.1) is 5.82 Å². The molecule has 0 saturated carbocycles. The number of hydrogen-bond donors (Lipinski definition) is 1. The van der Waals surface area contributed by atoms with E-state index in [2.05, 4.69) is 18.2 Å². The Labute approximate surface area is 118 Å². The van der Waals surface area contributed by atoms with E-state index in [1.165, 1.54) is 36.1 Å². The van der Waals surface area contributed by atoms with Crippen LogP contribution in [0.4, 0.5) is 4.39 Å². The minimum atomic E-state index is -0.282. The van der Waals surface area contributed by atoms with E-state index >= 15 is 0 Å². The molecule has 0 fully saturated rings. The topological polar surface area (TPSA) is 35.2 Å². The first-order valence-corrected chi connectivity index (χ1v) is 6.98. The number of halogens is 1. The van der Waals surface area contributed by atoms with Gasteiger partial charge in [0.2, 0.25) is 0 Å². The second kappa shape index (κ2) is 5.63. The molecule has 0 saturated heterocycles. The third-order valence-electron chi connectivity index (χ3n) is 3.80. The highest BCUT2D eigenvalue weighted by Gasteiger charge is 2.11. The molecule has 20 heavy (non-hydrogen) atoms. The lowest BCUT2D eigenvalue weighted by Crippen LogP contribution is -2.03. The van der Waals surface area contributed by atoms with Crippen molar-refractivity contribution in [1.29, 1.82) is 0 Å². The van der Waals surface area contributed by atoms with E-state index in [0.29, 0.717) is 17.9 Å². The quantitative estimate of drug-likeness (QED) is 0.925. The molecule has 0 aromatic heterocycles. The highest BCUT2D eigenvalue weighted by molar-refractivity contribution is 5.36. The average molecular weight is 271 g/mol. The fourth-order valence-corrected chi connectivity index (χ4v) is 2.72. The van der Waals surface area contributed by atoms with Crippen molar-refractivity contribution < 1.29 is 9.13 Å². The fourth-order valence-electron chi connectivity index (χ4n) is 2.72. The van der Waals surface area contributed by atoms with Gasteiger partial charge in [0.05, 0.1) is 0 Å². The first-order chi connectivity index (χ1) is 9.76. The monoisotopic (exact) mass is 271 g/mol. The molecule has 1 aliphatic carbocycles. The molecule has 0 spiro atoms. The Hall–Kier alpha value is -1.87. The normalized spacial score (nSPS) is 13.3. The number of nitrogens with two attached hydrogens (primary N) is 1. The summed E-state index contributed by atoms with van der Waals surface area (Å²) in [5.41, 5.74) is 10.4. The van der Waals surface area contributed by atoms with Crippen LogP contribution in [0.1, 0.15) is 28.7 Å². The number of rotatable bonds is 4. The van der Waals surface area contributed by atoms with Crippen LogP contribution < -0.4 is 10.5 Å². The Morgan fingerprint density at radius 2 is 1.90 bits per heavy atom. The molecule has 2 N–H and O–H groups in total. The van der Waals surface area contributed by atoms with Gasteiger partial charge in [-0.25, -0.2) is 4.39 Å². The molecule has 0 atom stereocenters. The Bertz CT molecular complexity index is 624. The predicted octanol–water partition coefficient (Wildman–Crippen LogP) is 3.35. The summed E-state index contributed by atoms with van der Waals surface area (Å²) in [4.78, 5) is 0. The number of benzene rings is 2. The maximum atomic E-state index is 13.1. The van der Waals surface area contributed by atoms with Gasteiger partial charge < -0.3 is 10.5 Å². The minimum Gasteiger partial charge on any atom is -0.489 e. The summed E-state index contributed by atoms with van der Waals surface area (Å²) in [7, 11) is 0. The van der Waals surface area contributed by atoms with Gasteiger partial charge in [-0.2, -0.15) is 0 Å². The zero-order valence-corrected chi connectivity index (χ0v) is 11.4. The van der Waals surface area contributed by atoms with Crippen molar-refractivity contribution in [3.8, 4) is 5.75 Å². The van der Waals surface area contributed by atoms with Crippen LogP contribution in [0.25, 0.3) is 0 Å². The molecular weight excluding hydrogens is 253 g/mol. The van der Waals surface area contributed by atoms with Crippen molar-refractivity contribution >= 4 is 0 Å². The molecule has 2 aromatic rings. The SMILES string of the molecule is NCc1cc(F)ccc1OCc1ccc2c(c1)CCC2. The fraction of sp³-hybridized carbons (Fsp3) is 0.294. The van der Waals surface area contributed by atoms with E-state index < -0.39 is 0 Å². The first-order valence-electron chi connectivity index (χ1n) is 6.98. The maximum Gasteiger partial charge on any atom is 0.124 e. The molecule has 0 aliphatic heterocycles. The maximum absolute atomic E-state index is 13.1. The molecular formula is C17H18FNO. The van der Waals surface area contributed by atoms with E-state index in [1.807, 2.05) is 0 Å². The van der Waals surface area contributed by atoms with Gasteiger partial charge >= 0.3 is 0 Å². The van der Waals surface area contributed by atoms with Gasteiger partial charge in [-0.3, -0.25) is 0 Å². The second-order valence-corrected chi connectivity index (χ2v) is 5.20. The van der Waals surface area contributed by atoms with Crippen LogP contribution in [-0.4, -0.2) is 0 Å². The van der Waals surface area contributed by atoms with E-state index in [4.69, 9.17) is 10.5 Å². The Balaban J connectivity index is 1.73. The van der Waals surface area contributed by atoms with Crippen molar-refractivity contribution in [3.63, 3.8) is 0 Å². The number of hydrogen-bond acceptors (Lipinski definition) is 2. The smallest absolute Gasteiger partial charge is 0.124 e. The zero-order valence-electron chi connectivity index (χ0n) is 11.4. The second-order valence-electron chi connectivity index (χ2n) is 5.20. The van der Waals surface area contributed by atoms with Crippen molar-refractivity contribution in [3.05, 3.63) is 64.5 Å². The first kappa shape index (κ1) is 13.1. The molecule has 0 amide bonds. The van der Waals surface area contributed by atoms with E-state index in [1.54, 1.807) is 6.07 Å². The van der Waals surface area contributed by atoms with Crippen LogP contribution in [0.2, 0.25) is 0 Å². The van der Waals surface area contributed by atoms with Crippen LogP contribution in [0.15, 0.2) is 36.4 Å². The van der Waals surface area contributed by atoms with Crippen molar-refractivity contribution in [2.24, 2.45) is 5.73 Å². The molecule has 3 heteroatoms. The van der Waals surface area contributed by atoms with Gasteiger partial charge in [-0.05, 0) is 54.2 Å². The van der Waals surface area contributed by atoms with Crippen molar-refractivity contribution in [2.45, 2.75) is 32.4 Å². The van der Waals surface area contributed by atoms with Gasteiger partial charge in [0.1, 0.15) is 18.2 Å². The summed E-state index contributed by atoms with van der Waals surface area (Å²) in [5, 5.41) is 0. The van der Waals surface area contributed by atoms with Gasteiger partial charge in [0.25, 0.3) is 0 Å².